The minimum atomic E-state index is -0.146. The second-order valence-electron chi connectivity index (χ2n) is 4.42. The van der Waals surface area contributed by atoms with Crippen molar-refractivity contribution >= 4 is 45.0 Å². The molecule has 1 aromatic carbocycles. The molecular formula is C12H12BrCl2NO. The minimum absolute atomic E-state index is 0.121. The van der Waals surface area contributed by atoms with Gasteiger partial charge in [0.05, 0.1) is 10.6 Å². The van der Waals surface area contributed by atoms with Crippen molar-refractivity contribution < 1.29 is 4.79 Å². The molecule has 0 heterocycles. The van der Waals surface area contributed by atoms with Crippen molar-refractivity contribution in [2.45, 2.75) is 12.8 Å². The van der Waals surface area contributed by atoms with Gasteiger partial charge in [0.15, 0.2) is 0 Å². The van der Waals surface area contributed by atoms with Crippen LogP contribution < -0.4 is 5.32 Å². The van der Waals surface area contributed by atoms with Gasteiger partial charge in [-0.15, -0.1) is 11.6 Å². The van der Waals surface area contributed by atoms with E-state index in [1.54, 1.807) is 18.2 Å². The Morgan fingerprint density at radius 3 is 2.76 bits per heavy atom. The number of halogens is 3. The highest BCUT2D eigenvalue weighted by Crippen LogP contribution is 2.45. The standard InChI is InChI=1S/C12H12BrCl2NO/c13-9-3-1-2-8(10(9)15)11(17)16-7-12(6-14)4-5-12/h1-3H,4-7H2,(H,16,17). The Kier molecular flexibility index (Phi) is 4.01. The van der Waals surface area contributed by atoms with E-state index in [-0.39, 0.29) is 11.3 Å². The highest BCUT2D eigenvalue weighted by atomic mass is 79.9. The lowest BCUT2D eigenvalue weighted by Gasteiger charge is -2.13. The van der Waals surface area contributed by atoms with Crippen molar-refractivity contribution in [1.82, 2.24) is 5.32 Å². The van der Waals surface area contributed by atoms with Crippen LogP contribution in [-0.2, 0) is 0 Å². The maximum Gasteiger partial charge on any atom is 0.252 e. The molecule has 1 N–H and O–H groups in total. The Bertz CT molecular complexity index is 446. The number of rotatable bonds is 4. The third kappa shape index (κ3) is 2.95. The van der Waals surface area contributed by atoms with Gasteiger partial charge in [-0.25, -0.2) is 0 Å². The van der Waals surface area contributed by atoms with Gasteiger partial charge in [-0.05, 0) is 40.9 Å². The first-order valence-electron chi connectivity index (χ1n) is 5.36. The summed E-state index contributed by atoms with van der Waals surface area (Å²) in [6.07, 6.45) is 2.17. The number of hydrogen-bond donors (Lipinski definition) is 1. The molecular weight excluding hydrogens is 325 g/mol. The van der Waals surface area contributed by atoms with Crippen LogP contribution in [0.4, 0.5) is 0 Å². The Balaban J connectivity index is 2.02. The number of carbonyl (C=O) groups is 1. The van der Waals surface area contributed by atoms with Crippen LogP contribution in [0.15, 0.2) is 22.7 Å². The number of hydrogen-bond acceptors (Lipinski definition) is 1. The van der Waals surface area contributed by atoms with Crippen molar-refractivity contribution in [3.63, 3.8) is 0 Å². The summed E-state index contributed by atoms with van der Waals surface area (Å²) in [6.45, 7) is 0.623. The zero-order valence-electron chi connectivity index (χ0n) is 9.10. The number of benzene rings is 1. The molecule has 1 amide bonds. The van der Waals surface area contributed by atoms with Crippen molar-refractivity contribution in [3.05, 3.63) is 33.3 Å². The molecule has 0 atom stereocenters. The van der Waals surface area contributed by atoms with Crippen LogP contribution in [0, 0.1) is 5.41 Å². The summed E-state index contributed by atoms with van der Waals surface area (Å²) in [4.78, 5) is 11.9. The molecule has 0 aromatic heterocycles. The molecule has 2 rings (SSSR count). The van der Waals surface area contributed by atoms with Crippen LogP contribution in [0.5, 0.6) is 0 Å². The summed E-state index contributed by atoms with van der Waals surface area (Å²) in [7, 11) is 0. The third-order valence-corrected chi connectivity index (χ3v) is 4.92. The van der Waals surface area contributed by atoms with Crippen molar-refractivity contribution in [2.75, 3.05) is 12.4 Å². The second-order valence-corrected chi connectivity index (χ2v) is 5.92. The van der Waals surface area contributed by atoms with E-state index in [4.69, 9.17) is 23.2 Å². The van der Waals surface area contributed by atoms with Crippen LogP contribution >= 0.6 is 39.1 Å². The van der Waals surface area contributed by atoms with Gasteiger partial charge in [-0.1, -0.05) is 17.7 Å². The van der Waals surface area contributed by atoms with E-state index in [1.807, 2.05) is 0 Å². The number of nitrogens with one attached hydrogen (secondary N) is 1. The maximum absolute atomic E-state index is 11.9. The van der Waals surface area contributed by atoms with E-state index in [0.717, 1.165) is 17.3 Å². The SMILES string of the molecule is O=C(NCC1(CCl)CC1)c1cccc(Br)c1Cl. The molecule has 0 unspecified atom stereocenters. The van der Waals surface area contributed by atoms with E-state index in [9.17, 15) is 4.79 Å². The topological polar surface area (TPSA) is 29.1 Å². The predicted octanol–water partition coefficient (Wildman–Crippen LogP) is 3.85. The van der Waals surface area contributed by atoms with E-state index >= 15 is 0 Å². The lowest BCUT2D eigenvalue weighted by molar-refractivity contribution is 0.0946. The van der Waals surface area contributed by atoms with Gasteiger partial charge in [0.1, 0.15) is 0 Å². The quantitative estimate of drug-likeness (QED) is 0.831. The zero-order chi connectivity index (χ0) is 12.5. The molecule has 1 aromatic rings. The molecule has 17 heavy (non-hydrogen) atoms. The first-order valence-corrected chi connectivity index (χ1v) is 7.07. The molecule has 0 spiro atoms. The van der Waals surface area contributed by atoms with Gasteiger partial charge in [-0.2, -0.15) is 0 Å². The van der Waals surface area contributed by atoms with Crippen LogP contribution in [0.3, 0.4) is 0 Å². The minimum Gasteiger partial charge on any atom is -0.351 e. The monoisotopic (exact) mass is 335 g/mol. The largest absolute Gasteiger partial charge is 0.351 e. The normalized spacial score (nSPS) is 16.6. The van der Waals surface area contributed by atoms with E-state index < -0.39 is 0 Å². The number of alkyl halides is 1. The van der Waals surface area contributed by atoms with Gasteiger partial charge in [0, 0.05) is 22.3 Å². The highest BCUT2D eigenvalue weighted by Gasteiger charge is 2.41. The van der Waals surface area contributed by atoms with Crippen molar-refractivity contribution in [3.8, 4) is 0 Å². The Morgan fingerprint density at radius 2 is 2.18 bits per heavy atom. The number of carbonyl (C=O) groups excluding carboxylic acids is 1. The van der Waals surface area contributed by atoms with Gasteiger partial charge >= 0.3 is 0 Å². The fourth-order valence-electron chi connectivity index (χ4n) is 1.58. The van der Waals surface area contributed by atoms with Crippen LogP contribution in [-0.4, -0.2) is 18.3 Å². The molecule has 1 aliphatic carbocycles. The van der Waals surface area contributed by atoms with Gasteiger partial charge in [-0.3, -0.25) is 4.79 Å². The fraction of sp³-hybridized carbons (Fsp3) is 0.417. The molecule has 1 fully saturated rings. The molecule has 92 valence electrons. The average Bonchev–Trinajstić information content (AvgIpc) is 3.10. The van der Waals surface area contributed by atoms with E-state index in [1.165, 1.54) is 0 Å². The first-order chi connectivity index (χ1) is 8.08. The molecule has 0 radical (unpaired) electrons. The molecule has 5 heteroatoms. The summed E-state index contributed by atoms with van der Waals surface area (Å²) >= 11 is 15.2. The molecule has 1 aliphatic rings. The number of amides is 1. The lowest BCUT2D eigenvalue weighted by atomic mass is 10.1. The highest BCUT2D eigenvalue weighted by molar-refractivity contribution is 9.10. The summed E-state index contributed by atoms with van der Waals surface area (Å²) in [5, 5.41) is 3.34. The van der Waals surface area contributed by atoms with Gasteiger partial charge in [0.25, 0.3) is 5.91 Å². The summed E-state index contributed by atoms with van der Waals surface area (Å²) in [5.41, 5.74) is 0.613. The summed E-state index contributed by atoms with van der Waals surface area (Å²) in [6, 6.07) is 5.31. The van der Waals surface area contributed by atoms with E-state index in [2.05, 4.69) is 21.2 Å². The van der Waals surface area contributed by atoms with Crippen molar-refractivity contribution in [2.24, 2.45) is 5.41 Å². The van der Waals surface area contributed by atoms with Crippen LogP contribution in [0.2, 0.25) is 5.02 Å². The van der Waals surface area contributed by atoms with Crippen LogP contribution in [0.1, 0.15) is 23.2 Å². The van der Waals surface area contributed by atoms with Gasteiger partial charge < -0.3 is 5.32 Å². The zero-order valence-corrected chi connectivity index (χ0v) is 12.2. The van der Waals surface area contributed by atoms with Gasteiger partial charge in [0.2, 0.25) is 0 Å². The first kappa shape index (κ1) is 13.2. The fourth-order valence-corrected chi connectivity index (χ4v) is 2.52. The summed E-state index contributed by atoms with van der Waals surface area (Å²) < 4.78 is 0.727. The third-order valence-electron chi connectivity index (χ3n) is 3.06. The molecule has 0 aliphatic heterocycles. The Morgan fingerprint density at radius 1 is 1.47 bits per heavy atom. The molecule has 0 bridgehead atoms. The smallest absolute Gasteiger partial charge is 0.252 e. The maximum atomic E-state index is 11.9. The molecule has 1 saturated carbocycles. The lowest BCUT2D eigenvalue weighted by Crippen LogP contribution is -2.31. The van der Waals surface area contributed by atoms with E-state index in [0.29, 0.717) is 23.0 Å². The summed E-state index contributed by atoms with van der Waals surface area (Å²) in [5.74, 6) is 0.451. The Hall–Kier alpha value is -0.250. The molecule has 2 nitrogen and oxygen atoms in total. The van der Waals surface area contributed by atoms with Crippen molar-refractivity contribution in [1.29, 1.82) is 0 Å². The second kappa shape index (κ2) is 5.17. The Labute approximate surface area is 119 Å². The predicted molar refractivity (Wildman–Crippen MR) is 73.9 cm³/mol. The average molecular weight is 337 g/mol. The molecule has 0 saturated heterocycles. The van der Waals surface area contributed by atoms with Crippen LogP contribution in [0.25, 0.3) is 0 Å².